The molecular formula is C8H10BNO2S. The Bertz CT molecular complexity index is 310. The molecule has 1 aliphatic heterocycles. The summed E-state index contributed by atoms with van der Waals surface area (Å²) in [6.45, 7) is 0.594. The molecule has 68 valence electrons. The van der Waals surface area contributed by atoms with E-state index < -0.39 is 7.12 Å². The Hall–Kier alpha value is -0.485. The average molecular weight is 195 g/mol. The summed E-state index contributed by atoms with van der Waals surface area (Å²) in [5, 5.41) is 9.50. The first kappa shape index (κ1) is 9.08. The summed E-state index contributed by atoms with van der Waals surface area (Å²) in [7, 11) is -0.789. The van der Waals surface area contributed by atoms with Gasteiger partial charge in [0.15, 0.2) is 0 Å². The molecule has 2 rings (SSSR count). The zero-order chi connectivity index (χ0) is 9.26. The molecule has 0 aliphatic carbocycles. The molecule has 0 aromatic heterocycles. The van der Waals surface area contributed by atoms with Gasteiger partial charge < -0.3 is 9.68 Å². The topological polar surface area (TPSA) is 41.5 Å². The minimum absolute atomic E-state index is 0.0938. The van der Waals surface area contributed by atoms with Gasteiger partial charge in [0, 0.05) is 6.54 Å². The highest BCUT2D eigenvalue weighted by atomic mass is 32.1. The number of benzene rings is 1. The van der Waals surface area contributed by atoms with Crippen LogP contribution >= 0.6 is 12.8 Å². The summed E-state index contributed by atoms with van der Waals surface area (Å²) >= 11 is 3.91. The molecule has 1 aromatic carbocycles. The van der Waals surface area contributed by atoms with Crippen LogP contribution in [0.1, 0.15) is 11.7 Å². The first-order chi connectivity index (χ1) is 6.33. The van der Waals surface area contributed by atoms with E-state index in [2.05, 4.69) is 17.5 Å². The highest BCUT2D eigenvalue weighted by Gasteiger charge is 2.33. The molecule has 1 unspecified atom stereocenters. The van der Waals surface area contributed by atoms with Crippen molar-refractivity contribution in [2.45, 2.75) is 6.10 Å². The fourth-order valence-corrected chi connectivity index (χ4v) is 1.74. The molecule has 1 aromatic rings. The van der Waals surface area contributed by atoms with Gasteiger partial charge in [0.1, 0.15) is 0 Å². The molecule has 0 saturated carbocycles. The van der Waals surface area contributed by atoms with Crippen molar-refractivity contribution >= 4 is 25.4 Å². The first-order valence-corrected chi connectivity index (χ1v) is 4.57. The van der Waals surface area contributed by atoms with Crippen LogP contribution in [0.25, 0.3) is 0 Å². The number of hydrogen-bond acceptors (Lipinski definition) is 4. The number of hydrogen-bond donors (Lipinski definition) is 3. The quantitative estimate of drug-likeness (QED) is 0.455. The second-order valence-electron chi connectivity index (χ2n) is 2.97. The van der Waals surface area contributed by atoms with E-state index in [0.717, 1.165) is 11.0 Å². The van der Waals surface area contributed by atoms with E-state index in [9.17, 15) is 5.02 Å². The van der Waals surface area contributed by atoms with E-state index in [0.29, 0.717) is 6.54 Å². The Morgan fingerprint density at radius 1 is 1.54 bits per heavy atom. The zero-order valence-corrected chi connectivity index (χ0v) is 7.87. The Morgan fingerprint density at radius 2 is 2.31 bits per heavy atom. The van der Waals surface area contributed by atoms with Gasteiger partial charge in [-0.1, -0.05) is 37.1 Å². The number of thiol groups is 1. The smallest absolute Gasteiger partial charge is 0.423 e. The van der Waals surface area contributed by atoms with Crippen molar-refractivity contribution < 1.29 is 9.68 Å². The summed E-state index contributed by atoms with van der Waals surface area (Å²) in [5.41, 5.74) is 1.90. The van der Waals surface area contributed by atoms with Crippen LogP contribution in [-0.2, 0) is 4.65 Å². The van der Waals surface area contributed by atoms with Gasteiger partial charge in [0.2, 0.25) is 0 Å². The normalized spacial score (nSPS) is 20.5. The van der Waals surface area contributed by atoms with E-state index in [-0.39, 0.29) is 6.10 Å². The van der Waals surface area contributed by atoms with Crippen molar-refractivity contribution in [3.8, 4) is 0 Å². The fraction of sp³-hybridized carbons (Fsp3) is 0.250. The molecule has 13 heavy (non-hydrogen) atoms. The van der Waals surface area contributed by atoms with Crippen LogP contribution in [-0.4, -0.2) is 18.7 Å². The third kappa shape index (κ3) is 1.60. The maximum atomic E-state index is 9.50. The van der Waals surface area contributed by atoms with Crippen molar-refractivity contribution in [2.24, 2.45) is 0 Å². The van der Waals surface area contributed by atoms with Crippen LogP contribution in [0, 0.1) is 0 Å². The lowest BCUT2D eigenvalue weighted by Gasteiger charge is -2.09. The number of fused-ring (bicyclic) bond motifs is 1. The predicted octanol–water partition coefficient (Wildman–Crippen LogP) is -0.120. The van der Waals surface area contributed by atoms with Crippen molar-refractivity contribution in [2.75, 3.05) is 6.54 Å². The predicted molar refractivity (Wildman–Crippen MR) is 54.9 cm³/mol. The highest BCUT2D eigenvalue weighted by molar-refractivity contribution is 7.78. The van der Waals surface area contributed by atoms with E-state index in [1.54, 1.807) is 0 Å². The zero-order valence-electron chi connectivity index (χ0n) is 6.97. The van der Waals surface area contributed by atoms with Crippen LogP contribution in [0.4, 0.5) is 0 Å². The molecule has 1 aliphatic rings. The van der Waals surface area contributed by atoms with Gasteiger partial charge in [0.25, 0.3) is 0 Å². The van der Waals surface area contributed by atoms with E-state index in [4.69, 9.17) is 4.65 Å². The molecule has 5 heteroatoms. The Balaban J connectivity index is 2.30. The SMILES string of the molecule is OB1OC(CNS)c2ccccc21. The molecule has 0 fully saturated rings. The maximum absolute atomic E-state index is 9.50. The fourth-order valence-electron chi connectivity index (χ4n) is 1.57. The summed E-state index contributed by atoms with van der Waals surface area (Å²) in [4.78, 5) is 0. The third-order valence-corrected chi connectivity index (χ3v) is 2.36. The van der Waals surface area contributed by atoms with Crippen LogP contribution < -0.4 is 10.2 Å². The second-order valence-corrected chi connectivity index (χ2v) is 3.28. The van der Waals surface area contributed by atoms with Crippen molar-refractivity contribution in [3.05, 3.63) is 29.8 Å². The van der Waals surface area contributed by atoms with Crippen molar-refractivity contribution in [1.82, 2.24) is 4.72 Å². The van der Waals surface area contributed by atoms with Crippen LogP contribution in [0.2, 0.25) is 0 Å². The van der Waals surface area contributed by atoms with Crippen LogP contribution in [0.3, 0.4) is 0 Å². The summed E-state index contributed by atoms with van der Waals surface area (Å²) in [6, 6.07) is 7.66. The molecule has 0 bridgehead atoms. The minimum Gasteiger partial charge on any atom is -0.423 e. The lowest BCUT2D eigenvalue weighted by atomic mass is 9.79. The third-order valence-electron chi connectivity index (χ3n) is 2.18. The van der Waals surface area contributed by atoms with Gasteiger partial charge in [0.05, 0.1) is 6.10 Å². The van der Waals surface area contributed by atoms with E-state index in [1.165, 1.54) is 0 Å². The Morgan fingerprint density at radius 3 is 3.08 bits per heavy atom. The number of rotatable bonds is 2. The standard InChI is InChI=1S/C8H10BNO2S/c11-9-7-4-2-1-3-6(7)8(12-9)5-10-13/h1-4,8,10-11,13H,5H2. The van der Waals surface area contributed by atoms with Gasteiger partial charge in [-0.25, -0.2) is 0 Å². The van der Waals surface area contributed by atoms with Gasteiger partial charge in [-0.2, -0.15) is 0 Å². The molecule has 0 amide bonds. The summed E-state index contributed by atoms with van der Waals surface area (Å²) in [5.74, 6) is 0. The molecular weight excluding hydrogens is 185 g/mol. The highest BCUT2D eigenvalue weighted by Crippen LogP contribution is 2.22. The first-order valence-electron chi connectivity index (χ1n) is 4.12. The van der Waals surface area contributed by atoms with Crippen molar-refractivity contribution in [3.63, 3.8) is 0 Å². The minimum atomic E-state index is -0.789. The summed E-state index contributed by atoms with van der Waals surface area (Å²) in [6.07, 6.45) is -0.0938. The van der Waals surface area contributed by atoms with Crippen LogP contribution in [0.15, 0.2) is 24.3 Å². The Labute approximate surface area is 82.8 Å². The second kappa shape index (κ2) is 3.71. The molecule has 1 heterocycles. The average Bonchev–Trinajstić information content (AvgIpc) is 2.46. The molecule has 1 atom stereocenters. The van der Waals surface area contributed by atoms with Crippen molar-refractivity contribution in [1.29, 1.82) is 0 Å². The summed E-state index contributed by atoms with van der Waals surface area (Å²) < 4.78 is 8.05. The molecule has 2 N–H and O–H groups in total. The monoisotopic (exact) mass is 195 g/mol. The van der Waals surface area contributed by atoms with Gasteiger partial charge in [-0.05, 0) is 11.0 Å². The van der Waals surface area contributed by atoms with Gasteiger partial charge in [-0.3, -0.25) is 4.72 Å². The lowest BCUT2D eigenvalue weighted by molar-refractivity contribution is 0.195. The van der Waals surface area contributed by atoms with E-state index >= 15 is 0 Å². The lowest BCUT2D eigenvalue weighted by Crippen LogP contribution is -2.27. The molecule has 3 nitrogen and oxygen atoms in total. The van der Waals surface area contributed by atoms with Crippen LogP contribution in [0.5, 0.6) is 0 Å². The molecule has 0 spiro atoms. The number of nitrogens with one attached hydrogen (secondary N) is 1. The molecule has 0 radical (unpaired) electrons. The Kier molecular flexibility index (Phi) is 2.60. The maximum Gasteiger partial charge on any atom is 0.492 e. The van der Waals surface area contributed by atoms with Gasteiger partial charge in [-0.15, -0.1) is 0 Å². The van der Waals surface area contributed by atoms with Gasteiger partial charge >= 0.3 is 7.12 Å². The van der Waals surface area contributed by atoms with E-state index in [1.807, 2.05) is 24.3 Å². The largest absolute Gasteiger partial charge is 0.492 e. The molecule has 0 saturated heterocycles.